The molecule has 0 N–H and O–H groups in total. The summed E-state index contributed by atoms with van der Waals surface area (Å²) in [4.78, 5) is 0. The van der Waals surface area contributed by atoms with Crippen LogP contribution < -0.4 is 4.74 Å². The number of benzene rings is 2. The third-order valence-electron chi connectivity index (χ3n) is 7.05. The van der Waals surface area contributed by atoms with Crippen LogP contribution in [-0.2, 0) is 0 Å². The third-order valence-corrected chi connectivity index (χ3v) is 7.47. The minimum absolute atomic E-state index is 0.576. The average Bonchev–Trinajstić information content (AvgIpc) is 2.75. The zero-order chi connectivity index (χ0) is 19.8. The third kappa shape index (κ3) is 3.66. The highest BCUT2D eigenvalue weighted by atomic mass is 35.5. The van der Waals surface area contributed by atoms with Crippen molar-refractivity contribution >= 4 is 17.4 Å². The first kappa shape index (κ1) is 19.0. The van der Waals surface area contributed by atoms with E-state index in [4.69, 9.17) is 16.3 Å². The molecular weight excluding hydrogens is 376 g/mol. The van der Waals surface area contributed by atoms with Crippen LogP contribution in [0.2, 0.25) is 5.02 Å². The topological polar surface area (TPSA) is 9.23 Å². The number of allylic oxidation sites excluding steroid dienone is 3. The van der Waals surface area contributed by atoms with E-state index in [1.54, 1.807) is 16.7 Å². The van der Waals surface area contributed by atoms with Gasteiger partial charge in [-0.05, 0) is 99.3 Å². The van der Waals surface area contributed by atoms with E-state index in [1.165, 1.54) is 56.9 Å². The number of fused-ring (bicyclic) bond motifs is 3. The first-order valence-electron chi connectivity index (χ1n) is 11.1. The Hall–Kier alpha value is -1.99. The minimum Gasteiger partial charge on any atom is -0.457 e. The van der Waals surface area contributed by atoms with Crippen molar-refractivity contribution in [2.24, 2.45) is 11.8 Å². The number of ether oxygens (including phenoxy) is 1. The number of halogens is 1. The standard InChI is InChI=1S/C27H29ClO/c1-18-16-21(14-15-25(18)28)27(29-22-10-3-2-4-11-22)26-20-9-7-13-24(26)23-12-6-5-8-19(23)17-20/h2-4,10-11,14-16,20,24H,5-9,12-13,17H2,1H3/b27-26+. The van der Waals surface area contributed by atoms with Crippen molar-refractivity contribution in [2.75, 3.05) is 0 Å². The van der Waals surface area contributed by atoms with E-state index in [-0.39, 0.29) is 0 Å². The van der Waals surface area contributed by atoms with Crippen molar-refractivity contribution in [1.82, 2.24) is 0 Å². The fourth-order valence-corrected chi connectivity index (χ4v) is 5.82. The summed E-state index contributed by atoms with van der Waals surface area (Å²) < 4.78 is 6.66. The van der Waals surface area contributed by atoms with Gasteiger partial charge in [0.05, 0.1) is 0 Å². The molecule has 1 nitrogen and oxygen atoms in total. The van der Waals surface area contributed by atoms with Gasteiger partial charge in [-0.2, -0.15) is 0 Å². The van der Waals surface area contributed by atoms with Crippen LogP contribution in [0.25, 0.3) is 5.76 Å². The van der Waals surface area contributed by atoms with Gasteiger partial charge in [0.1, 0.15) is 11.5 Å². The summed E-state index contributed by atoms with van der Waals surface area (Å²) in [5.41, 5.74) is 7.37. The quantitative estimate of drug-likeness (QED) is 0.370. The molecule has 1 fully saturated rings. The maximum absolute atomic E-state index is 6.66. The van der Waals surface area contributed by atoms with Crippen LogP contribution in [0.5, 0.6) is 5.75 Å². The zero-order valence-corrected chi connectivity index (χ0v) is 18.0. The normalized spacial score (nSPS) is 25.4. The number of hydrogen-bond acceptors (Lipinski definition) is 1. The van der Waals surface area contributed by atoms with E-state index in [0.717, 1.165) is 22.1 Å². The predicted octanol–water partition coefficient (Wildman–Crippen LogP) is 8.13. The molecule has 5 rings (SSSR count). The molecule has 0 radical (unpaired) electrons. The highest BCUT2D eigenvalue weighted by molar-refractivity contribution is 6.31. The molecule has 0 saturated heterocycles. The summed E-state index contributed by atoms with van der Waals surface area (Å²) >= 11 is 6.35. The Labute approximate surface area is 179 Å². The SMILES string of the molecule is Cc1cc(/C(Oc2ccccc2)=C2/C3CCCC2C2=C(CCCC2)C3)ccc1Cl. The van der Waals surface area contributed by atoms with E-state index >= 15 is 0 Å². The lowest BCUT2D eigenvalue weighted by Crippen LogP contribution is -2.30. The Kier molecular flexibility index (Phi) is 5.26. The van der Waals surface area contributed by atoms with E-state index < -0.39 is 0 Å². The number of para-hydroxylation sites is 1. The summed E-state index contributed by atoms with van der Waals surface area (Å²) in [6.45, 7) is 2.08. The molecular formula is C27H29ClO. The van der Waals surface area contributed by atoms with Gasteiger partial charge in [-0.15, -0.1) is 0 Å². The first-order valence-corrected chi connectivity index (χ1v) is 11.5. The van der Waals surface area contributed by atoms with Crippen molar-refractivity contribution in [3.8, 4) is 5.75 Å². The number of aryl methyl sites for hydroxylation is 1. The number of rotatable bonds is 3. The molecule has 0 aliphatic heterocycles. The van der Waals surface area contributed by atoms with Crippen LogP contribution in [0.15, 0.2) is 65.3 Å². The number of hydrogen-bond donors (Lipinski definition) is 0. The van der Waals surface area contributed by atoms with Crippen molar-refractivity contribution in [2.45, 2.75) is 58.3 Å². The molecule has 2 heteroatoms. The largest absolute Gasteiger partial charge is 0.457 e. The molecule has 0 aromatic heterocycles. The van der Waals surface area contributed by atoms with Crippen LogP contribution in [0.1, 0.15) is 62.5 Å². The van der Waals surface area contributed by atoms with Gasteiger partial charge in [0.15, 0.2) is 0 Å². The van der Waals surface area contributed by atoms with Gasteiger partial charge >= 0.3 is 0 Å². The fourth-order valence-electron chi connectivity index (χ4n) is 5.70. The summed E-state index contributed by atoms with van der Waals surface area (Å²) in [5, 5.41) is 0.818. The van der Waals surface area contributed by atoms with Gasteiger partial charge in [-0.3, -0.25) is 0 Å². The molecule has 1 saturated carbocycles. The average molecular weight is 405 g/mol. The van der Waals surface area contributed by atoms with Gasteiger partial charge in [0, 0.05) is 16.5 Å². The van der Waals surface area contributed by atoms with Gasteiger partial charge in [0.2, 0.25) is 0 Å². The summed E-state index contributed by atoms with van der Waals surface area (Å²) in [6, 6.07) is 16.6. The van der Waals surface area contributed by atoms with Crippen LogP contribution in [0, 0.1) is 18.8 Å². The molecule has 0 heterocycles. The molecule has 29 heavy (non-hydrogen) atoms. The van der Waals surface area contributed by atoms with Crippen molar-refractivity contribution in [1.29, 1.82) is 0 Å². The van der Waals surface area contributed by atoms with Crippen LogP contribution in [-0.4, -0.2) is 0 Å². The molecule has 0 amide bonds. The molecule has 2 atom stereocenters. The van der Waals surface area contributed by atoms with Gasteiger partial charge in [0.25, 0.3) is 0 Å². The van der Waals surface area contributed by atoms with E-state index in [1.807, 2.05) is 24.3 Å². The van der Waals surface area contributed by atoms with E-state index in [0.29, 0.717) is 11.8 Å². The van der Waals surface area contributed by atoms with Crippen molar-refractivity contribution < 1.29 is 4.74 Å². The molecule has 2 unspecified atom stereocenters. The van der Waals surface area contributed by atoms with Crippen LogP contribution in [0.3, 0.4) is 0 Å². The second-order valence-corrected chi connectivity index (χ2v) is 9.29. The highest BCUT2D eigenvalue weighted by Crippen LogP contribution is 2.53. The Balaban J connectivity index is 1.67. The Morgan fingerprint density at radius 3 is 2.62 bits per heavy atom. The molecule has 150 valence electrons. The highest BCUT2D eigenvalue weighted by Gasteiger charge is 2.39. The Morgan fingerprint density at radius 2 is 1.79 bits per heavy atom. The Morgan fingerprint density at radius 1 is 0.966 bits per heavy atom. The molecule has 3 aliphatic carbocycles. The summed E-state index contributed by atoms with van der Waals surface area (Å²) in [5.74, 6) is 3.21. The van der Waals surface area contributed by atoms with Gasteiger partial charge in [-0.25, -0.2) is 0 Å². The summed E-state index contributed by atoms with van der Waals surface area (Å²) in [7, 11) is 0. The predicted molar refractivity (Wildman–Crippen MR) is 121 cm³/mol. The Bertz CT molecular complexity index is 969. The smallest absolute Gasteiger partial charge is 0.134 e. The van der Waals surface area contributed by atoms with E-state index in [9.17, 15) is 0 Å². The van der Waals surface area contributed by atoms with Crippen molar-refractivity contribution in [3.05, 3.63) is 81.4 Å². The molecule has 2 aromatic carbocycles. The molecule has 2 bridgehead atoms. The lowest BCUT2D eigenvalue weighted by Gasteiger charge is -2.43. The first-order chi connectivity index (χ1) is 14.2. The minimum atomic E-state index is 0.576. The monoisotopic (exact) mass is 404 g/mol. The van der Waals surface area contributed by atoms with Gasteiger partial charge < -0.3 is 4.74 Å². The fraction of sp³-hybridized carbons (Fsp3) is 0.407. The maximum Gasteiger partial charge on any atom is 0.134 e. The molecule has 2 aromatic rings. The second kappa shape index (κ2) is 8.03. The molecule has 3 aliphatic rings. The van der Waals surface area contributed by atoms with Crippen molar-refractivity contribution in [3.63, 3.8) is 0 Å². The maximum atomic E-state index is 6.66. The lowest BCUT2D eigenvalue weighted by molar-refractivity contribution is 0.335. The zero-order valence-electron chi connectivity index (χ0n) is 17.2. The summed E-state index contributed by atoms with van der Waals surface area (Å²) in [6.07, 6.45) is 10.5. The molecule has 0 spiro atoms. The van der Waals surface area contributed by atoms with E-state index in [2.05, 4.69) is 31.2 Å². The lowest BCUT2D eigenvalue weighted by atomic mass is 9.62. The van der Waals surface area contributed by atoms with Crippen LogP contribution in [0.4, 0.5) is 0 Å². The van der Waals surface area contributed by atoms with Gasteiger partial charge in [-0.1, -0.05) is 47.4 Å². The van der Waals surface area contributed by atoms with Crippen LogP contribution >= 0.6 is 11.6 Å². The second-order valence-electron chi connectivity index (χ2n) is 8.88.